The lowest BCUT2D eigenvalue weighted by molar-refractivity contribution is -0.138. The first-order chi connectivity index (χ1) is 10.6. The van der Waals surface area contributed by atoms with Gasteiger partial charge < -0.3 is 20.3 Å². The molecular weight excluding hydrogens is 290 g/mol. The third-order valence-electron chi connectivity index (χ3n) is 4.84. The lowest BCUT2D eigenvalue weighted by Crippen LogP contribution is -2.47. The van der Waals surface area contributed by atoms with E-state index in [-0.39, 0.29) is 35.5 Å². The van der Waals surface area contributed by atoms with Crippen molar-refractivity contribution in [3.05, 3.63) is 16.7 Å². The summed E-state index contributed by atoms with van der Waals surface area (Å²) in [4.78, 5) is 22.6. The van der Waals surface area contributed by atoms with Crippen LogP contribution in [0.4, 0.5) is 5.95 Å². The largest absolute Gasteiger partial charge is 0.393 e. The van der Waals surface area contributed by atoms with Gasteiger partial charge in [0.1, 0.15) is 11.8 Å². The van der Waals surface area contributed by atoms with Gasteiger partial charge in [-0.1, -0.05) is 6.92 Å². The van der Waals surface area contributed by atoms with Crippen molar-refractivity contribution in [2.75, 3.05) is 25.6 Å². The molecule has 22 heavy (non-hydrogen) atoms. The Kier molecular flexibility index (Phi) is 2.80. The molecule has 2 aliphatic heterocycles. The number of nitrogens with two attached hydrogens (primary N) is 1. The zero-order valence-corrected chi connectivity index (χ0v) is 12.0. The van der Waals surface area contributed by atoms with Crippen LogP contribution in [-0.4, -0.2) is 50.0 Å². The molecule has 2 aromatic heterocycles. The normalized spacial score (nSPS) is 34.4. The van der Waals surface area contributed by atoms with Crippen LogP contribution in [0.2, 0.25) is 0 Å². The van der Waals surface area contributed by atoms with Gasteiger partial charge >= 0.3 is 0 Å². The highest BCUT2D eigenvalue weighted by atomic mass is 16.6. The van der Waals surface area contributed by atoms with Crippen molar-refractivity contribution in [3.63, 3.8) is 0 Å². The van der Waals surface area contributed by atoms with E-state index in [1.165, 1.54) is 6.33 Å². The molecular formula is C13H17N5O4. The van der Waals surface area contributed by atoms with Gasteiger partial charge in [0.25, 0.3) is 5.56 Å². The third-order valence-corrected chi connectivity index (χ3v) is 4.84. The SMILES string of the molecule is C[C@@H]1C2COC[C@]1(CO)O[C@@H]2n1cnc2c(=O)[nH]c(N)nc21. The van der Waals surface area contributed by atoms with Crippen LogP contribution in [0.15, 0.2) is 11.1 Å². The van der Waals surface area contributed by atoms with E-state index >= 15 is 0 Å². The van der Waals surface area contributed by atoms with E-state index in [1.54, 1.807) is 4.57 Å². The molecule has 4 N–H and O–H groups in total. The molecule has 9 nitrogen and oxygen atoms in total. The number of rotatable bonds is 2. The van der Waals surface area contributed by atoms with E-state index in [9.17, 15) is 9.90 Å². The Bertz CT molecular complexity index is 786. The van der Waals surface area contributed by atoms with Crippen molar-refractivity contribution in [2.45, 2.75) is 18.8 Å². The van der Waals surface area contributed by atoms with Crippen LogP contribution < -0.4 is 11.3 Å². The lowest BCUT2D eigenvalue weighted by atomic mass is 9.81. The quantitative estimate of drug-likeness (QED) is 0.665. The Morgan fingerprint density at radius 3 is 3.18 bits per heavy atom. The number of aliphatic hydroxyl groups excluding tert-OH is 1. The summed E-state index contributed by atoms with van der Waals surface area (Å²) in [6, 6.07) is 0. The summed E-state index contributed by atoms with van der Waals surface area (Å²) >= 11 is 0. The number of nitrogens with zero attached hydrogens (tertiary/aromatic N) is 3. The highest BCUT2D eigenvalue weighted by Gasteiger charge is 2.56. The number of nitrogen functional groups attached to an aromatic ring is 1. The summed E-state index contributed by atoms with van der Waals surface area (Å²) in [6.45, 7) is 2.79. The average Bonchev–Trinajstić information content (AvgIpc) is 2.94. The molecule has 2 aromatic rings. The first kappa shape index (κ1) is 13.7. The molecule has 4 rings (SSSR count). The van der Waals surface area contributed by atoms with Crippen LogP contribution in [0.5, 0.6) is 0 Å². The highest BCUT2D eigenvalue weighted by molar-refractivity contribution is 5.70. The molecule has 118 valence electrons. The standard InChI is InChI=1S/C13H17N5O4/c1-6-7-2-21-4-13(6,3-19)22-11(7)18-5-15-8-9(18)16-12(14)17-10(8)20/h5-7,11,19H,2-4H2,1H3,(H3,14,16,17,20)/t6-,7?,11+,13+/m1/s1. The first-order valence-corrected chi connectivity index (χ1v) is 7.14. The molecule has 0 spiro atoms. The monoisotopic (exact) mass is 307 g/mol. The van der Waals surface area contributed by atoms with Gasteiger partial charge in [-0.05, 0) is 5.92 Å². The van der Waals surface area contributed by atoms with Crippen molar-refractivity contribution in [1.82, 2.24) is 19.5 Å². The number of imidazole rings is 1. The first-order valence-electron chi connectivity index (χ1n) is 7.14. The fourth-order valence-corrected chi connectivity index (χ4v) is 3.45. The Hall–Kier alpha value is -1.97. The summed E-state index contributed by atoms with van der Waals surface area (Å²) < 4.78 is 13.4. The predicted molar refractivity (Wildman–Crippen MR) is 76.0 cm³/mol. The molecule has 2 aliphatic rings. The zero-order valence-electron chi connectivity index (χ0n) is 12.0. The van der Waals surface area contributed by atoms with Gasteiger partial charge in [-0.25, -0.2) is 4.98 Å². The number of ether oxygens (including phenoxy) is 2. The zero-order chi connectivity index (χ0) is 15.5. The Balaban J connectivity index is 1.85. The smallest absolute Gasteiger partial charge is 0.280 e. The second kappa shape index (κ2) is 4.51. The maximum absolute atomic E-state index is 11.9. The van der Waals surface area contributed by atoms with Crippen LogP contribution in [0.3, 0.4) is 0 Å². The summed E-state index contributed by atoms with van der Waals surface area (Å²) in [5.41, 5.74) is 5.10. The van der Waals surface area contributed by atoms with E-state index in [2.05, 4.69) is 15.0 Å². The van der Waals surface area contributed by atoms with Crippen LogP contribution in [-0.2, 0) is 9.47 Å². The molecule has 9 heteroatoms. The number of hydrogen-bond acceptors (Lipinski definition) is 7. The number of aromatic nitrogens is 4. The minimum absolute atomic E-state index is 0.0291. The number of fused-ring (bicyclic) bond motifs is 3. The molecule has 0 aromatic carbocycles. The molecule has 0 saturated carbocycles. The molecule has 0 aliphatic carbocycles. The second-order valence-electron chi connectivity index (χ2n) is 5.97. The van der Waals surface area contributed by atoms with Crippen molar-refractivity contribution < 1.29 is 14.6 Å². The Morgan fingerprint density at radius 2 is 2.45 bits per heavy atom. The number of anilines is 1. The Morgan fingerprint density at radius 1 is 1.64 bits per heavy atom. The van der Waals surface area contributed by atoms with Gasteiger partial charge in [0, 0.05) is 5.92 Å². The van der Waals surface area contributed by atoms with Crippen LogP contribution in [0.25, 0.3) is 11.2 Å². The average molecular weight is 307 g/mol. The Labute approximate surface area is 125 Å². The number of aromatic amines is 1. The fraction of sp³-hybridized carbons (Fsp3) is 0.615. The molecule has 0 amide bonds. The fourth-order valence-electron chi connectivity index (χ4n) is 3.45. The highest BCUT2D eigenvalue weighted by Crippen LogP contribution is 2.49. The summed E-state index contributed by atoms with van der Waals surface area (Å²) in [6.07, 6.45) is 1.12. The number of H-pyrrole nitrogens is 1. The number of hydrogen-bond donors (Lipinski definition) is 3. The summed E-state index contributed by atoms with van der Waals surface area (Å²) in [5.74, 6) is 0.190. The van der Waals surface area contributed by atoms with Crippen molar-refractivity contribution in [1.29, 1.82) is 0 Å². The molecule has 1 unspecified atom stereocenters. The molecule has 2 saturated heterocycles. The molecule has 4 atom stereocenters. The van der Waals surface area contributed by atoms with Crippen molar-refractivity contribution in [2.24, 2.45) is 11.8 Å². The van der Waals surface area contributed by atoms with E-state index in [1.807, 2.05) is 6.92 Å². The van der Waals surface area contributed by atoms with E-state index < -0.39 is 11.8 Å². The molecule has 2 fully saturated rings. The maximum Gasteiger partial charge on any atom is 0.280 e. The summed E-state index contributed by atoms with van der Waals surface area (Å²) in [5, 5.41) is 9.73. The molecule has 0 radical (unpaired) electrons. The van der Waals surface area contributed by atoms with Crippen LogP contribution in [0, 0.1) is 11.8 Å². The third kappa shape index (κ3) is 1.67. The number of nitrogens with one attached hydrogen (secondary N) is 1. The van der Waals surface area contributed by atoms with Gasteiger partial charge in [-0.15, -0.1) is 0 Å². The van der Waals surface area contributed by atoms with E-state index in [4.69, 9.17) is 15.2 Å². The number of aliphatic hydroxyl groups is 1. The second-order valence-corrected chi connectivity index (χ2v) is 5.97. The van der Waals surface area contributed by atoms with Gasteiger partial charge in [0.05, 0.1) is 26.1 Å². The van der Waals surface area contributed by atoms with E-state index in [0.29, 0.717) is 18.9 Å². The van der Waals surface area contributed by atoms with Gasteiger partial charge in [-0.3, -0.25) is 14.3 Å². The van der Waals surface area contributed by atoms with Crippen molar-refractivity contribution >= 4 is 17.1 Å². The molecule has 2 bridgehead atoms. The van der Waals surface area contributed by atoms with Gasteiger partial charge in [-0.2, -0.15) is 4.98 Å². The topological polar surface area (TPSA) is 128 Å². The van der Waals surface area contributed by atoms with E-state index in [0.717, 1.165) is 0 Å². The van der Waals surface area contributed by atoms with Crippen LogP contribution >= 0.6 is 0 Å². The minimum atomic E-state index is -0.725. The maximum atomic E-state index is 11.9. The molecule has 4 heterocycles. The summed E-state index contributed by atoms with van der Waals surface area (Å²) in [7, 11) is 0. The van der Waals surface area contributed by atoms with Crippen LogP contribution in [0.1, 0.15) is 13.2 Å². The van der Waals surface area contributed by atoms with Crippen molar-refractivity contribution in [3.8, 4) is 0 Å². The predicted octanol–water partition coefficient (Wildman–Crippen LogP) is -0.756. The van der Waals surface area contributed by atoms with Gasteiger partial charge in [0.15, 0.2) is 11.2 Å². The lowest BCUT2D eigenvalue weighted by Gasteiger charge is -2.34. The van der Waals surface area contributed by atoms with Gasteiger partial charge in [0.2, 0.25) is 5.95 Å². The minimum Gasteiger partial charge on any atom is -0.393 e.